The molecular weight excluding hydrogens is 162 g/mol. The molecule has 1 aliphatic heterocycles. The third-order valence-electron chi connectivity index (χ3n) is 1.38. The quantitative estimate of drug-likeness (QED) is 0.381. The molecule has 4 N–H and O–H groups in total. The van der Waals surface area contributed by atoms with Crippen LogP contribution in [0.25, 0.3) is 0 Å². The normalized spacial score (nSPS) is 37.4. The Bertz CT molecular complexity index is 74.7. The molecule has 1 fully saturated rings. The molecular formula is C7H18ClN3. The van der Waals surface area contributed by atoms with Crippen LogP contribution < -0.4 is 16.4 Å². The minimum Gasteiger partial charge on any atom is -0.304 e. The summed E-state index contributed by atoms with van der Waals surface area (Å²) in [6, 6.07) is 0.420. The first-order chi connectivity index (χ1) is 5.18. The lowest BCUT2D eigenvalue weighted by atomic mass is 10.2. The van der Waals surface area contributed by atoms with E-state index in [2.05, 4.69) is 17.6 Å². The van der Waals surface area contributed by atoms with Crippen molar-refractivity contribution in [1.29, 1.82) is 0 Å². The Labute approximate surface area is 73.7 Å². The molecule has 0 bridgehead atoms. The molecule has 4 heteroatoms. The van der Waals surface area contributed by atoms with Crippen LogP contribution in [-0.4, -0.2) is 17.8 Å². The zero-order chi connectivity index (χ0) is 8.85. The lowest BCUT2D eigenvalue weighted by Gasteiger charge is -2.30. The monoisotopic (exact) mass is 179 g/mol. The number of hydrogen-bond donors (Lipinski definition) is 3. The van der Waals surface area contributed by atoms with Crippen LogP contribution in [-0.2, 0) is 0 Å². The van der Waals surface area contributed by atoms with Gasteiger partial charge in [0.2, 0.25) is 0 Å². The summed E-state index contributed by atoms with van der Waals surface area (Å²) in [5.74, 6) is 0. The number of alkyl halides is 1. The smallest absolute Gasteiger partial charge is 0.110 e. The Morgan fingerprint density at radius 2 is 1.91 bits per heavy atom. The molecule has 0 spiro atoms. The fraction of sp³-hybridized carbons (Fsp3) is 1.00. The summed E-state index contributed by atoms with van der Waals surface area (Å²) in [5.41, 5.74) is 5.53. The van der Waals surface area contributed by atoms with Gasteiger partial charge in [-0.3, -0.25) is 10.6 Å². The van der Waals surface area contributed by atoms with E-state index in [0.717, 1.165) is 6.42 Å². The first-order valence-electron chi connectivity index (χ1n) is 4.10. The molecule has 1 saturated heterocycles. The van der Waals surface area contributed by atoms with E-state index >= 15 is 0 Å². The van der Waals surface area contributed by atoms with Crippen molar-refractivity contribution in [2.24, 2.45) is 5.73 Å². The maximum absolute atomic E-state index is 5.78. The Balaban J connectivity index is 0.000000461. The molecule has 3 atom stereocenters. The molecule has 0 radical (unpaired) electrons. The molecule has 3 nitrogen and oxygen atoms in total. The van der Waals surface area contributed by atoms with Crippen LogP contribution in [0.2, 0.25) is 0 Å². The average molecular weight is 180 g/mol. The summed E-state index contributed by atoms with van der Waals surface area (Å²) in [5, 5.41) is 6.03. The molecule has 0 aliphatic carbocycles. The van der Waals surface area contributed by atoms with Gasteiger partial charge in [0.15, 0.2) is 0 Å². The average Bonchev–Trinajstić information content (AvgIpc) is 1.88. The van der Waals surface area contributed by atoms with E-state index in [0.29, 0.717) is 6.04 Å². The van der Waals surface area contributed by atoms with E-state index in [1.807, 2.05) is 13.8 Å². The van der Waals surface area contributed by atoms with Gasteiger partial charge in [-0.1, -0.05) is 13.8 Å². The number of rotatable bonds is 0. The van der Waals surface area contributed by atoms with Crippen LogP contribution in [0, 0.1) is 0 Å². The summed E-state index contributed by atoms with van der Waals surface area (Å²) in [6.45, 7) is 6.07. The third-order valence-corrected chi connectivity index (χ3v) is 1.69. The fourth-order valence-corrected chi connectivity index (χ4v) is 1.40. The van der Waals surface area contributed by atoms with Crippen molar-refractivity contribution in [2.75, 3.05) is 0 Å². The molecule has 1 heterocycles. The number of nitrogens with one attached hydrogen (secondary N) is 2. The minimum atomic E-state index is -0.142. The van der Waals surface area contributed by atoms with E-state index in [1.165, 1.54) is 0 Å². The zero-order valence-electron chi connectivity index (χ0n) is 7.39. The summed E-state index contributed by atoms with van der Waals surface area (Å²) in [7, 11) is 0. The van der Waals surface area contributed by atoms with Crippen molar-refractivity contribution in [3.05, 3.63) is 0 Å². The van der Waals surface area contributed by atoms with Gasteiger partial charge in [0.1, 0.15) is 6.29 Å². The maximum atomic E-state index is 5.78. The van der Waals surface area contributed by atoms with Crippen molar-refractivity contribution < 1.29 is 0 Å². The van der Waals surface area contributed by atoms with E-state index in [4.69, 9.17) is 17.3 Å². The van der Waals surface area contributed by atoms with Crippen LogP contribution in [0.3, 0.4) is 0 Å². The molecule has 0 saturated carbocycles. The number of nitrogens with two attached hydrogens (primary N) is 1. The van der Waals surface area contributed by atoms with E-state index < -0.39 is 0 Å². The van der Waals surface area contributed by atoms with Crippen LogP contribution >= 0.6 is 11.6 Å². The standard InChI is InChI=1S/C5H12ClN3.C2H6/c1-3-2-4(6)9-5(7)8-3;1-2/h3-5,8-9H,2,7H2,1H3;1-2H3. The number of hydrogen-bond acceptors (Lipinski definition) is 3. The molecule has 1 rings (SSSR count). The Morgan fingerprint density at radius 1 is 1.36 bits per heavy atom. The van der Waals surface area contributed by atoms with E-state index in [9.17, 15) is 0 Å². The Morgan fingerprint density at radius 3 is 2.27 bits per heavy atom. The summed E-state index contributed by atoms with van der Waals surface area (Å²) < 4.78 is 0. The lowest BCUT2D eigenvalue weighted by Crippen LogP contribution is -2.60. The molecule has 0 aromatic carbocycles. The molecule has 11 heavy (non-hydrogen) atoms. The highest BCUT2D eigenvalue weighted by Crippen LogP contribution is 2.06. The zero-order valence-corrected chi connectivity index (χ0v) is 8.15. The maximum Gasteiger partial charge on any atom is 0.110 e. The second kappa shape index (κ2) is 5.77. The van der Waals surface area contributed by atoms with Crippen LogP contribution in [0.15, 0.2) is 0 Å². The predicted octanol–water partition coefficient (Wildman–Crippen LogP) is 0.791. The summed E-state index contributed by atoms with van der Waals surface area (Å²) in [4.78, 5) is 0. The Kier molecular flexibility index (Phi) is 5.86. The van der Waals surface area contributed by atoms with Gasteiger partial charge >= 0.3 is 0 Å². The van der Waals surface area contributed by atoms with Gasteiger partial charge in [-0.25, -0.2) is 0 Å². The molecule has 0 aromatic rings. The second-order valence-corrected chi connectivity index (χ2v) is 2.94. The van der Waals surface area contributed by atoms with Crippen molar-refractivity contribution in [2.45, 2.75) is 45.0 Å². The van der Waals surface area contributed by atoms with Gasteiger partial charge in [0.05, 0.1) is 5.50 Å². The van der Waals surface area contributed by atoms with Crippen LogP contribution in [0.1, 0.15) is 27.2 Å². The van der Waals surface area contributed by atoms with Crippen LogP contribution in [0.4, 0.5) is 0 Å². The molecule has 1 aliphatic rings. The first kappa shape index (κ1) is 11.2. The summed E-state index contributed by atoms with van der Waals surface area (Å²) >= 11 is 5.78. The highest BCUT2D eigenvalue weighted by atomic mass is 35.5. The SMILES string of the molecule is CC.CC1CC(Cl)NC(N)N1. The molecule has 0 amide bonds. The molecule has 68 valence electrons. The second-order valence-electron chi connectivity index (χ2n) is 2.42. The van der Waals surface area contributed by atoms with Gasteiger partial charge in [0, 0.05) is 6.04 Å². The van der Waals surface area contributed by atoms with Crippen molar-refractivity contribution in [3.8, 4) is 0 Å². The Hall–Kier alpha value is 0.170. The van der Waals surface area contributed by atoms with Crippen molar-refractivity contribution in [3.63, 3.8) is 0 Å². The fourth-order valence-electron chi connectivity index (χ4n) is 0.996. The molecule has 0 aromatic heterocycles. The van der Waals surface area contributed by atoms with Gasteiger partial charge in [-0.05, 0) is 13.3 Å². The lowest BCUT2D eigenvalue weighted by molar-refractivity contribution is 0.300. The van der Waals surface area contributed by atoms with Gasteiger partial charge in [-0.15, -0.1) is 11.6 Å². The minimum absolute atomic E-state index is 0.0243. The highest BCUT2D eigenvalue weighted by Gasteiger charge is 2.19. The van der Waals surface area contributed by atoms with Gasteiger partial charge in [-0.2, -0.15) is 0 Å². The predicted molar refractivity (Wildman–Crippen MR) is 49.3 cm³/mol. The first-order valence-corrected chi connectivity index (χ1v) is 4.54. The highest BCUT2D eigenvalue weighted by molar-refractivity contribution is 6.20. The van der Waals surface area contributed by atoms with Crippen LogP contribution in [0.5, 0.6) is 0 Å². The van der Waals surface area contributed by atoms with Crippen molar-refractivity contribution >= 4 is 11.6 Å². The summed E-state index contributed by atoms with van der Waals surface area (Å²) in [6.07, 6.45) is 0.783. The number of halogens is 1. The van der Waals surface area contributed by atoms with Gasteiger partial charge < -0.3 is 5.73 Å². The molecule has 3 unspecified atom stereocenters. The van der Waals surface area contributed by atoms with E-state index in [1.54, 1.807) is 0 Å². The van der Waals surface area contributed by atoms with Gasteiger partial charge in [0.25, 0.3) is 0 Å². The van der Waals surface area contributed by atoms with E-state index in [-0.39, 0.29) is 11.8 Å². The van der Waals surface area contributed by atoms with Crippen molar-refractivity contribution in [1.82, 2.24) is 10.6 Å². The third kappa shape index (κ3) is 4.58. The largest absolute Gasteiger partial charge is 0.304 e. The topological polar surface area (TPSA) is 50.1 Å².